The molecule has 2 N–H and O–H groups in total. The van der Waals surface area contributed by atoms with Gasteiger partial charge in [0.15, 0.2) is 0 Å². The average molecular weight is 390 g/mol. The van der Waals surface area contributed by atoms with E-state index in [9.17, 15) is 9.18 Å². The van der Waals surface area contributed by atoms with Crippen LogP contribution in [0.5, 0.6) is 5.88 Å². The van der Waals surface area contributed by atoms with Gasteiger partial charge in [0.05, 0.1) is 24.2 Å². The predicted octanol–water partition coefficient (Wildman–Crippen LogP) is 2.73. The fourth-order valence-electron chi connectivity index (χ4n) is 3.49. The van der Waals surface area contributed by atoms with Crippen LogP contribution in [-0.2, 0) is 18.3 Å². The van der Waals surface area contributed by atoms with Crippen molar-refractivity contribution in [2.24, 2.45) is 13.0 Å². The number of aryl methyl sites for hydroxylation is 2. The van der Waals surface area contributed by atoms with Crippen molar-refractivity contribution < 1.29 is 13.9 Å². The molecule has 152 valence electrons. The Morgan fingerprint density at radius 3 is 2.79 bits per heavy atom. The fourth-order valence-corrected chi connectivity index (χ4v) is 3.49. The molecule has 1 fully saturated rings. The minimum Gasteiger partial charge on any atom is -0.475 e. The van der Waals surface area contributed by atoms with Gasteiger partial charge in [-0.05, 0) is 38.0 Å². The Labute approximate surface area is 163 Å². The number of hydrogen-bond acceptors (Lipinski definition) is 6. The predicted molar refractivity (Wildman–Crippen MR) is 103 cm³/mol. The highest BCUT2D eigenvalue weighted by atomic mass is 19.1. The SMILES string of the molecule is CCc1nn(C)cc1Nc1ncc(F)c(OC[C@H]2CC[C@H](NC(C)=O)CC2)n1. The zero-order valence-corrected chi connectivity index (χ0v) is 16.5. The number of ether oxygens (including phenoxy) is 1. The van der Waals surface area contributed by atoms with Crippen LogP contribution >= 0.6 is 0 Å². The van der Waals surface area contributed by atoms with Crippen LogP contribution in [-0.4, -0.2) is 38.3 Å². The van der Waals surface area contributed by atoms with Crippen molar-refractivity contribution in [1.29, 1.82) is 0 Å². The molecule has 1 aliphatic carbocycles. The van der Waals surface area contributed by atoms with Gasteiger partial charge < -0.3 is 15.4 Å². The maximum absolute atomic E-state index is 14.1. The molecule has 1 amide bonds. The molecule has 0 radical (unpaired) electrons. The number of anilines is 2. The first kappa shape index (κ1) is 20.0. The minimum atomic E-state index is -0.584. The van der Waals surface area contributed by atoms with E-state index in [0.29, 0.717) is 12.5 Å². The second-order valence-electron chi connectivity index (χ2n) is 7.22. The number of carbonyl (C=O) groups is 1. The molecule has 9 heteroatoms. The number of halogens is 1. The molecule has 28 heavy (non-hydrogen) atoms. The largest absolute Gasteiger partial charge is 0.475 e. The molecule has 0 bridgehead atoms. The number of aromatic nitrogens is 4. The third-order valence-electron chi connectivity index (χ3n) is 4.91. The summed E-state index contributed by atoms with van der Waals surface area (Å²) in [5.41, 5.74) is 1.67. The molecule has 0 saturated heterocycles. The summed E-state index contributed by atoms with van der Waals surface area (Å²) in [7, 11) is 1.84. The maximum atomic E-state index is 14.1. The molecular formula is C19H27FN6O2. The zero-order valence-electron chi connectivity index (χ0n) is 16.5. The third-order valence-corrected chi connectivity index (χ3v) is 4.91. The average Bonchev–Trinajstić information content (AvgIpc) is 3.02. The molecule has 3 rings (SSSR count). The molecule has 1 saturated carbocycles. The molecule has 2 aromatic heterocycles. The number of amides is 1. The summed E-state index contributed by atoms with van der Waals surface area (Å²) in [6, 6.07) is 0.229. The highest BCUT2D eigenvalue weighted by Crippen LogP contribution is 2.26. The maximum Gasteiger partial charge on any atom is 0.255 e. The number of rotatable bonds is 7. The Morgan fingerprint density at radius 2 is 2.11 bits per heavy atom. The highest BCUT2D eigenvalue weighted by molar-refractivity contribution is 5.73. The van der Waals surface area contributed by atoms with Crippen molar-refractivity contribution in [2.75, 3.05) is 11.9 Å². The van der Waals surface area contributed by atoms with Gasteiger partial charge in [-0.1, -0.05) is 6.92 Å². The van der Waals surface area contributed by atoms with E-state index in [1.54, 1.807) is 4.68 Å². The molecule has 0 unspecified atom stereocenters. The molecule has 0 spiro atoms. The lowest BCUT2D eigenvalue weighted by molar-refractivity contribution is -0.119. The lowest BCUT2D eigenvalue weighted by Crippen LogP contribution is -2.37. The molecule has 0 aromatic carbocycles. The number of nitrogens with one attached hydrogen (secondary N) is 2. The summed E-state index contributed by atoms with van der Waals surface area (Å²) in [5, 5.41) is 10.4. The van der Waals surface area contributed by atoms with Crippen LogP contribution in [0, 0.1) is 11.7 Å². The van der Waals surface area contributed by atoms with Gasteiger partial charge in [-0.15, -0.1) is 0 Å². The van der Waals surface area contributed by atoms with Crippen molar-refractivity contribution in [1.82, 2.24) is 25.1 Å². The summed E-state index contributed by atoms with van der Waals surface area (Å²) >= 11 is 0. The van der Waals surface area contributed by atoms with E-state index in [2.05, 4.69) is 25.7 Å². The van der Waals surface area contributed by atoms with Gasteiger partial charge in [-0.3, -0.25) is 9.48 Å². The van der Waals surface area contributed by atoms with Crippen LogP contribution in [0.1, 0.15) is 45.2 Å². The zero-order chi connectivity index (χ0) is 20.1. The normalized spacial score (nSPS) is 19.3. The number of carbonyl (C=O) groups excluding carboxylic acids is 1. The summed E-state index contributed by atoms with van der Waals surface area (Å²) in [5.74, 6) is -0.0419. The fraction of sp³-hybridized carbons (Fsp3) is 0.579. The van der Waals surface area contributed by atoms with Crippen LogP contribution in [0.4, 0.5) is 16.0 Å². The van der Waals surface area contributed by atoms with Crippen LogP contribution in [0.15, 0.2) is 12.4 Å². The summed E-state index contributed by atoms with van der Waals surface area (Å²) < 4.78 is 21.4. The Balaban J connectivity index is 1.57. The standard InChI is InChI=1S/C19H27FN6O2/c1-4-16-17(10-26(3)25-16)23-19-21-9-15(20)18(24-19)28-11-13-5-7-14(8-6-13)22-12(2)27/h9-10,13-14H,4-8,11H2,1-3H3,(H,22,27)(H,21,23,24)/t13-,14-. The van der Waals surface area contributed by atoms with Crippen molar-refractivity contribution in [3.8, 4) is 5.88 Å². The van der Waals surface area contributed by atoms with E-state index < -0.39 is 5.82 Å². The quantitative estimate of drug-likeness (QED) is 0.755. The van der Waals surface area contributed by atoms with E-state index in [1.165, 1.54) is 6.92 Å². The first-order chi connectivity index (χ1) is 13.4. The van der Waals surface area contributed by atoms with Gasteiger partial charge in [0.2, 0.25) is 17.7 Å². The number of nitrogens with zero attached hydrogens (tertiary/aromatic N) is 4. The third kappa shape index (κ3) is 5.17. The van der Waals surface area contributed by atoms with Gasteiger partial charge in [0.1, 0.15) is 0 Å². The van der Waals surface area contributed by atoms with E-state index in [1.807, 2.05) is 20.2 Å². The Kier molecular flexibility index (Phi) is 6.43. The molecule has 0 atom stereocenters. The molecule has 0 aliphatic heterocycles. The van der Waals surface area contributed by atoms with Crippen LogP contribution in [0.2, 0.25) is 0 Å². The lowest BCUT2D eigenvalue weighted by atomic mass is 9.86. The summed E-state index contributed by atoms with van der Waals surface area (Å²) in [6.07, 6.45) is 7.38. The van der Waals surface area contributed by atoms with Crippen LogP contribution in [0.3, 0.4) is 0 Å². The van der Waals surface area contributed by atoms with Crippen molar-refractivity contribution in [3.63, 3.8) is 0 Å². The first-order valence-corrected chi connectivity index (χ1v) is 9.66. The Bertz CT molecular complexity index is 817. The Morgan fingerprint density at radius 1 is 1.36 bits per heavy atom. The first-order valence-electron chi connectivity index (χ1n) is 9.66. The molecule has 2 aromatic rings. The molecule has 2 heterocycles. The van der Waals surface area contributed by atoms with E-state index in [-0.39, 0.29) is 23.8 Å². The second kappa shape index (κ2) is 8.99. The second-order valence-corrected chi connectivity index (χ2v) is 7.22. The van der Waals surface area contributed by atoms with Gasteiger partial charge in [0.25, 0.3) is 5.88 Å². The van der Waals surface area contributed by atoms with E-state index in [0.717, 1.165) is 49.7 Å². The van der Waals surface area contributed by atoms with Crippen molar-refractivity contribution in [3.05, 3.63) is 23.9 Å². The number of hydrogen-bond donors (Lipinski definition) is 2. The molecule has 8 nitrogen and oxygen atoms in total. The van der Waals surface area contributed by atoms with Gasteiger partial charge in [-0.25, -0.2) is 4.98 Å². The highest BCUT2D eigenvalue weighted by Gasteiger charge is 2.23. The van der Waals surface area contributed by atoms with Crippen LogP contribution < -0.4 is 15.4 Å². The lowest BCUT2D eigenvalue weighted by Gasteiger charge is -2.28. The van der Waals surface area contributed by atoms with Gasteiger partial charge in [-0.2, -0.15) is 14.5 Å². The van der Waals surface area contributed by atoms with E-state index in [4.69, 9.17) is 4.74 Å². The van der Waals surface area contributed by atoms with E-state index >= 15 is 0 Å². The monoisotopic (exact) mass is 390 g/mol. The molecular weight excluding hydrogens is 363 g/mol. The minimum absolute atomic E-state index is 0.00244. The smallest absolute Gasteiger partial charge is 0.255 e. The summed E-state index contributed by atoms with van der Waals surface area (Å²) in [6.45, 7) is 3.94. The van der Waals surface area contributed by atoms with Crippen molar-refractivity contribution >= 4 is 17.5 Å². The van der Waals surface area contributed by atoms with Crippen molar-refractivity contribution in [2.45, 2.75) is 52.0 Å². The Hall–Kier alpha value is -2.71. The van der Waals surface area contributed by atoms with Gasteiger partial charge in [0, 0.05) is 26.2 Å². The van der Waals surface area contributed by atoms with Crippen LogP contribution in [0.25, 0.3) is 0 Å². The summed E-state index contributed by atoms with van der Waals surface area (Å²) in [4.78, 5) is 19.3. The van der Waals surface area contributed by atoms with Gasteiger partial charge >= 0.3 is 0 Å². The molecule has 1 aliphatic rings. The topological polar surface area (TPSA) is 94.0 Å².